The van der Waals surface area contributed by atoms with Crippen LogP contribution in [-0.2, 0) is 0 Å². The van der Waals surface area contributed by atoms with Crippen molar-refractivity contribution in [1.82, 2.24) is 0 Å². The van der Waals surface area contributed by atoms with Crippen molar-refractivity contribution >= 4 is 0 Å². The smallest absolute Gasteiger partial charge is 0.0411 e. The highest BCUT2D eigenvalue weighted by molar-refractivity contribution is 4.47. The summed E-state index contributed by atoms with van der Waals surface area (Å²) < 4.78 is 0. The van der Waals surface area contributed by atoms with Gasteiger partial charge in [-0.2, -0.15) is 0 Å². The average molecular weight is 355 g/mol. The average Bonchev–Trinajstić information content (AvgIpc) is 2.57. The first-order valence-electron chi connectivity index (χ1n) is 11.2. The van der Waals surface area contributed by atoms with Crippen LogP contribution in [0.15, 0.2) is 0 Å². The van der Waals surface area contributed by atoms with Crippen molar-refractivity contribution in [3.05, 3.63) is 0 Å². The molecule has 0 saturated heterocycles. The lowest BCUT2D eigenvalue weighted by molar-refractivity contribution is 0.469. The molecule has 0 aromatic rings. The molecule has 0 aliphatic rings. The van der Waals surface area contributed by atoms with E-state index in [9.17, 15) is 0 Å². The van der Waals surface area contributed by atoms with E-state index in [1.165, 1.54) is 19.3 Å². The number of hydrogen-bond donors (Lipinski definition) is 0. The molecule has 0 bridgehead atoms. The van der Waals surface area contributed by atoms with Crippen molar-refractivity contribution in [2.24, 2.45) is 5.41 Å². The van der Waals surface area contributed by atoms with Crippen molar-refractivity contribution in [2.75, 3.05) is 0 Å². The van der Waals surface area contributed by atoms with Crippen molar-refractivity contribution in [3.63, 3.8) is 0 Å². The third kappa shape index (κ3) is 0. The third-order valence-electron chi connectivity index (χ3n) is 0. The zero-order chi connectivity index (χ0) is 22.6. The van der Waals surface area contributed by atoms with E-state index in [-0.39, 0.29) is 0 Å². The predicted molar refractivity (Wildman–Crippen MR) is 130 cm³/mol. The first kappa shape index (κ1) is 56.4. The molecule has 0 aromatic heterocycles. The number of rotatable bonds is 0. The quantitative estimate of drug-likeness (QED) is 0.405. The summed E-state index contributed by atoms with van der Waals surface area (Å²) in [6.07, 6.45) is 3.75. The fourth-order valence-electron chi connectivity index (χ4n) is 0. The molecule has 0 aromatic carbocycles. The van der Waals surface area contributed by atoms with Crippen LogP contribution in [0.3, 0.4) is 0 Å². The van der Waals surface area contributed by atoms with Crippen LogP contribution < -0.4 is 0 Å². The maximum absolute atomic E-state index is 2.19. The summed E-state index contributed by atoms with van der Waals surface area (Å²) in [6.45, 7) is 41.5. The van der Waals surface area contributed by atoms with Gasteiger partial charge in [-0.1, -0.05) is 158 Å². The van der Waals surface area contributed by atoms with Gasteiger partial charge in [0.2, 0.25) is 0 Å². The SMILES string of the molecule is CC.CC.CC.CC.CC.CC(C)(C)C.CCC.CCC.CCC. The Morgan fingerprint density at radius 1 is 0.333 bits per heavy atom. The topological polar surface area (TPSA) is 0 Å². The van der Waals surface area contributed by atoms with Gasteiger partial charge in [-0.15, -0.1) is 0 Å². The van der Waals surface area contributed by atoms with Gasteiger partial charge in [-0.3, -0.25) is 0 Å². The highest BCUT2D eigenvalue weighted by Crippen LogP contribution is 2.08. The standard InChI is InChI=1S/C5H12.3C3H8.5C2H6/c1-5(2,3)4;3*1-3-2;5*1-2/h1-4H3;3*3H2,1-2H3;5*1-2H3. The van der Waals surface area contributed by atoms with E-state index in [1.807, 2.05) is 69.2 Å². The number of hydrogen-bond acceptors (Lipinski definition) is 0. The van der Waals surface area contributed by atoms with Gasteiger partial charge in [0.1, 0.15) is 0 Å². The first-order valence-corrected chi connectivity index (χ1v) is 11.2. The van der Waals surface area contributed by atoms with Crippen LogP contribution in [0, 0.1) is 5.41 Å². The third-order valence-corrected chi connectivity index (χ3v) is 0. The van der Waals surface area contributed by atoms with E-state index < -0.39 is 0 Å². The molecule has 0 atom stereocenters. The normalized spacial score (nSPS) is 6.00. The summed E-state index contributed by atoms with van der Waals surface area (Å²) in [6, 6.07) is 0. The minimum absolute atomic E-state index is 0.500. The molecule has 162 valence electrons. The molecule has 0 heteroatoms. The second-order valence-electron chi connectivity index (χ2n) is 5.12. The van der Waals surface area contributed by atoms with Crippen LogP contribution in [0.2, 0.25) is 0 Å². The zero-order valence-corrected chi connectivity index (χ0v) is 22.6. The Labute approximate surface area is 163 Å². The maximum Gasteiger partial charge on any atom is -0.0411 e. The molecule has 0 saturated carbocycles. The van der Waals surface area contributed by atoms with E-state index in [2.05, 4.69) is 69.2 Å². The van der Waals surface area contributed by atoms with Gasteiger partial charge in [-0.25, -0.2) is 0 Å². The van der Waals surface area contributed by atoms with Crippen molar-refractivity contribution < 1.29 is 0 Å². The molecule has 24 heavy (non-hydrogen) atoms. The monoisotopic (exact) mass is 355 g/mol. The molecule has 0 fully saturated rings. The van der Waals surface area contributed by atoms with Crippen LogP contribution in [0.4, 0.5) is 0 Å². The molecular weight excluding hydrogens is 288 g/mol. The molecule has 0 aliphatic carbocycles. The van der Waals surface area contributed by atoms with Gasteiger partial charge >= 0.3 is 0 Å². The highest BCUT2D eigenvalue weighted by atomic mass is 14.0. The minimum Gasteiger partial charge on any atom is -0.0683 e. The molecule has 0 heterocycles. The molecule has 0 radical (unpaired) electrons. The second kappa shape index (κ2) is 137. The summed E-state index contributed by atoms with van der Waals surface area (Å²) in [5, 5.41) is 0. The molecule has 0 unspecified atom stereocenters. The summed E-state index contributed by atoms with van der Waals surface area (Å²) in [7, 11) is 0. The van der Waals surface area contributed by atoms with Gasteiger partial charge in [0.25, 0.3) is 0 Å². The molecule has 0 spiro atoms. The lowest BCUT2D eigenvalue weighted by Crippen LogP contribution is -1.93. The fourth-order valence-corrected chi connectivity index (χ4v) is 0. The lowest BCUT2D eigenvalue weighted by Gasteiger charge is -2.05. The Kier molecular flexibility index (Phi) is 323. The molecule has 0 aliphatic heterocycles. The molecular formula is C24H66. The molecule has 0 amide bonds. The van der Waals surface area contributed by atoms with Crippen molar-refractivity contribution in [2.45, 2.75) is 158 Å². The minimum atomic E-state index is 0.500. The summed E-state index contributed by atoms with van der Waals surface area (Å²) in [5.74, 6) is 0. The van der Waals surface area contributed by atoms with Crippen LogP contribution in [0.5, 0.6) is 0 Å². The Balaban J connectivity index is -0.0000000155. The van der Waals surface area contributed by atoms with Gasteiger partial charge in [0, 0.05) is 0 Å². The zero-order valence-electron chi connectivity index (χ0n) is 22.6. The van der Waals surface area contributed by atoms with E-state index in [4.69, 9.17) is 0 Å². The van der Waals surface area contributed by atoms with E-state index in [0.29, 0.717) is 5.41 Å². The molecule has 0 rings (SSSR count). The Bertz CT molecular complexity index is 36.8. The van der Waals surface area contributed by atoms with E-state index in [0.717, 1.165) is 0 Å². The molecule has 0 nitrogen and oxygen atoms in total. The fraction of sp³-hybridized carbons (Fsp3) is 1.00. The van der Waals surface area contributed by atoms with E-state index in [1.54, 1.807) is 0 Å². The van der Waals surface area contributed by atoms with Crippen LogP contribution >= 0.6 is 0 Å². The summed E-state index contributed by atoms with van der Waals surface area (Å²) >= 11 is 0. The molecule has 0 N–H and O–H groups in total. The highest BCUT2D eigenvalue weighted by Gasteiger charge is 1.95. The Morgan fingerprint density at radius 3 is 0.333 bits per heavy atom. The van der Waals surface area contributed by atoms with Crippen LogP contribution in [0.25, 0.3) is 0 Å². The van der Waals surface area contributed by atoms with Gasteiger partial charge < -0.3 is 0 Å². The van der Waals surface area contributed by atoms with Gasteiger partial charge in [0.05, 0.1) is 0 Å². The second-order valence-corrected chi connectivity index (χ2v) is 5.12. The largest absolute Gasteiger partial charge is 0.0683 e. The van der Waals surface area contributed by atoms with Crippen molar-refractivity contribution in [1.29, 1.82) is 0 Å². The van der Waals surface area contributed by atoms with Gasteiger partial charge in [0.15, 0.2) is 0 Å². The van der Waals surface area contributed by atoms with Crippen LogP contribution in [0.1, 0.15) is 158 Å². The first-order chi connectivity index (χ1) is 11.2. The Hall–Kier alpha value is 0. The van der Waals surface area contributed by atoms with Crippen molar-refractivity contribution in [3.8, 4) is 0 Å². The van der Waals surface area contributed by atoms with Crippen LogP contribution in [-0.4, -0.2) is 0 Å². The Morgan fingerprint density at radius 2 is 0.333 bits per heavy atom. The predicted octanol–water partition coefficient (Wildman–Crippen LogP) is 11.4. The maximum atomic E-state index is 2.19. The van der Waals surface area contributed by atoms with Gasteiger partial charge in [-0.05, 0) is 5.41 Å². The van der Waals surface area contributed by atoms with E-state index >= 15 is 0 Å². The lowest BCUT2D eigenvalue weighted by atomic mass is 10.0. The summed E-state index contributed by atoms with van der Waals surface area (Å²) in [5.41, 5.74) is 0.500. The summed E-state index contributed by atoms with van der Waals surface area (Å²) in [4.78, 5) is 0.